The summed E-state index contributed by atoms with van der Waals surface area (Å²) >= 11 is 0. The first-order valence-electron chi connectivity index (χ1n) is 15.3. The summed E-state index contributed by atoms with van der Waals surface area (Å²) in [6.45, 7) is 2.17. The van der Waals surface area contributed by atoms with Gasteiger partial charge in [0.2, 0.25) is 0 Å². The minimum absolute atomic E-state index is 0.0193. The van der Waals surface area contributed by atoms with Crippen LogP contribution in [0.2, 0.25) is 0 Å². The zero-order chi connectivity index (χ0) is 29.4. The molecule has 0 saturated heterocycles. The molecule has 0 bridgehead atoms. The van der Waals surface area contributed by atoms with Gasteiger partial charge in [-0.3, -0.25) is 0 Å². The molecule has 5 aliphatic rings. The molecule has 0 spiro atoms. The number of para-hydroxylation sites is 1. The number of fused-ring (bicyclic) bond motifs is 4. The molecule has 0 atom stereocenters. The fourth-order valence-electron chi connectivity index (χ4n) is 7.93. The fourth-order valence-corrected chi connectivity index (χ4v) is 7.93. The van der Waals surface area contributed by atoms with E-state index < -0.39 is 0 Å². The largest absolute Gasteiger partial charge is 0.458 e. The number of aryl methyl sites for hydroxylation is 1. The van der Waals surface area contributed by atoms with E-state index in [2.05, 4.69) is 67.6 Å². The molecule has 0 aromatic heterocycles. The lowest BCUT2D eigenvalue weighted by molar-refractivity contribution is 0.442. The third-order valence-corrected chi connectivity index (χ3v) is 9.84. The second kappa shape index (κ2) is 8.33. The van der Waals surface area contributed by atoms with Crippen molar-refractivity contribution in [1.82, 2.24) is 0 Å². The van der Waals surface area contributed by atoms with Gasteiger partial charge >= 0.3 is 0 Å². The summed E-state index contributed by atoms with van der Waals surface area (Å²) in [6, 6.07) is 35.5. The highest BCUT2D eigenvalue weighted by molar-refractivity contribution is 7.00. The third-order valence-electron chi connectivity index (χ3n) is 9.84. The van der Waals surface area contributed by atoms with Crippen LogP contribution in [0.5, 0.6) is 57.5 Å². The van der Waals surface area contributed by atoms with Gasteiger partial charge in [-0.25, -0.2) is 0 Å². The number of benzene rings is 6. The Balaban J connectivity index is 1.01. The Kier molecular flexibility index (Phi) is 4.42. The summed E-state index contributed by atoms with van der Waals surface area (Å²) in [5.41, 5.74) is 10.0. The van der Waals surface area contributed by atoms with Crippen LogP contribution < -0.4 is 56.5 Å². The van der Waals surface area contributed by atoms with Crippen LogP contribution in [-0.4, -0.2) is 13.4 Å². The molecule has 7 heteroatoms. The fraction of sp³-hybridized carbons (Fsp3) is 0.0526. The van der Waals surface area contributed by atoms with E-state index in [1.807, 2.05) is 42.5 Å². The number of hydrogen-bond acceptors (Lipinski definition) is 5. The van der Waals surface area contributed by atoms with Crippen molar-refractivity contribution in [3.63, 3.8) is 0 Å². The summed E-state index contributed by atoms with van der Waals surface area (Å²) in [5.74, 6) is 8.58. The molecular formula is C38H22B2O5. The molecule has 5 heterocycles. The molecule has 5 nitrogen and oxygen atoms in total. The topological polar surface area (TPSA) is 46.2 Å². The molecule has 45 heavy (non-hydrogen) atoms. The monoisotopic (exact) mass is 580 g/mol. The zero-order valence-electron chi connectivity index (χ0n) is 24.2. The summed E-state index contributed by atoms with van der Waals surface area (Å²) in [6.07, 6.45) is 0.702. The lowest BCUT2D eigenvalue weighted by Gasteiger charge is -2.37. The van der Waals surface area contributed by atoms with Crippen LogP contribution >= 0.6 is 0 Å². The van der Waals surface area contributed by atoms with E-state index in [-0.39, 0.29) is 13.4 Å². The summed E-state index contributed by atoms with van der Waals surface area (Å²) < 4.78 is 32.4. The number of ether oxygens (including phenoxy) is 5. The van der Waals surface area contributed by atoms with Crippen LogP contribution in [0, 0.1) is 6.92 Å². The van der Waals surface area contributed by atoms with Crippen molar-refractivity contribution in [2.75, 3.05) is 0 Å². The maximum absolute atomic E-state index is 6.58. The maximum atomic E-state index is 6.58. The molecule has 6 aromatic rings. The van der Waals surface area contributed by atoms with Gasteiger partial charge in [-0.05, 0) is 95.6 Å². The molecule has 0 saturated carbocycles. The quantitative estimate of drug-likeness (QED) is 0.265. The van der Waals surface area contributed by atoms with Crippen LogP contribution in [0.15, 0.2) is 103 Å². The van der Waals surface area contributed by atoms with Crippen LogP contribution in [0.25, 0.3) is 0 Å². The first kappa shape index (κ1) is 23.9. The molecule has 210 valence electrons. The Morgan fingerprint density at radius 1 is 0.422 bits per heavy atom. The average molecular weight is 580 g/mol. The van der Waals surface area contributed by atoms with Crippen molar-refractivity contribution < 1.29 is 23.7 Å². The van der Waals surface area contributed by atoms with E-state index >= 15 is 0 Å². The Morgan fingerprint density at radius 3 is 1.71 bits per heavy atom. The minimum Gasteiger partial charge on any atom is -0.458 e. The van der Waals surface area contributed by atoms with E-state index in [9.17, 15) is 0 Å². The second-order valence-corrected chi connectivity index (χ2v) is 12.4. The SMILES string of the molecule is Cc1ccc2c3c1Oc1ccccc1B3c1ccc(Cc3cc4c5c(c3)Oc3cccc6c3B5c3c(cccc3O4)O6)cc1O2. The van der Waals surface area contributed by atoms with Crippen molar-refractivity contribution in [3.8, 4) is 57.5 Å². The molecule has 0 fully saturated rings. The van der Waals surface area contributed by atoms with E-state index in [0.717, 1.165) is 107 Å². The predicted octanol–water partition coefficient (Wildman–Crippen LogP) is 5.15. The molecule has 11 rings (SSSR count). The first-order valence-corrected chi connectivity index (χ1v) is 15.3. The van der Waals surface area contributed by atoms with Gasteiger partial charge in [-0.2, -0.15) is 0 Å². The van der Waals surface area contributed by atoms with Gasteiger partial charge in [0, 0.05) is 21.9 Å². The van der Waals surface area contributed by atoms with Gasteiger partial charge in [0.15, 0.2) is 0 Å². The molecule has 6 aromatic carbocycles. The maximum Gasteiger partial charge on any atom is 0.270 e. The lowest BCUT2D eigenvalue weighted by atomic mass is 9.34. The molecule has 0 amide bonds. The van der Waals surface area contributed by atoms with Crippen molar-refractivity contribution in [1.29, 1.82) is 0 Å². The molecular weight excluding hydrogens is 558 g/mol. The van der Waals surface area contributed by atoms with E-state index in [1.54, 1.807) is 0 Å². The highest BCUT2D eigenvalue weighted by atomic mass is 16.5. The Hall–Kier alpha value is -5.55. The van der Waals surface area contributed by atoms with Gasteiger partial charge in [-0.1, -0.05) is 48.5 Å². The van der Waals surface area contributed by atoms with Crippen molar-refractivity contribution >= 4 is 46.2 Å². The smallest absolute Gasteiger partial charge is 0.270 e. The van der Waals surface area contributed by atoms with Crippen LogP contribution in [0.4, 0.5) is 0 Å². The molecule has 5 aliphatic heterocycles. The molecule has 0 N–H and O–H groups in total. The highest BCUT2D eigenvalue weighted by Gasteiger charge is 2.46. The second-order valence-electron chi connectivity index (χ2n) is 12.4. The van der Waals surface area contributed by atoms with Crippen molar-refractivity contribution in [2.45, 2.75) is 13.3 Å². The standard InChI is InChI=1S/C38H22B2O5/c1-20-12-15-30-37-38(20)45-25-7-3-2-6-23(25)39(37)24-14-13-21(17-31(24)42-30)16-22-18-32-36-33(19-22)44-29-11-5-9-27-35(29)40(36)34-26(41-27)8-4-10-28(34)43-32/h2-15,17-19H,16H2,1H3. The molecule has 0 aliphatic carbocycles. The number of rotatable bonds is 2. The van der Waals surface area contributed by atoms with Gasteiger partial charge in [0.25, 0.3) is 13.4 Å². The van der Waals surface area contributed by atoms with Crippen molar-refractivity contribution in [2.24, 2.45) is 0 Å². The number of hydrogen-bond donors (Lipinski definition) is 0. The van der Waals surface area contributed by atoms with Crippen molar-refractivity contribution in [3.05, 3.63) is 120 Å². The zero-order valence-corrected chi connectivity index (χ0v) is 24.2. The molecule has 0 radical (unpaired) electrons. The summed E-state index contributed by atoms with van der Waals surface area (Å²) in [4.78, 5) is 0. The van der Waals surface area contributed by atoms with E-state index in [1.165, 1.54) is 0 Å². The first-order chi connectivity index (χ1) is 22.2. The highest BCUT2D eigenvalue weighted by Crippen LogP contribution is 2.42. The van der Waals surface area contributed by atoms with E-state index in [4.69, 9.17) is 23.7 Å². The lowest BCUT2D eigenvalue weighted by Crippen LogP contribution is -2.59. The average Bonchev–Trinajstić information content (AvgIpc) is 3.06. The molecule has 0 unspecified atom stereocenters. The normalized spacial score (nSPS) is 14.3. The minimum atomic E-state index is 0.0193. The van der Waals surface area contributed by atoms with Crippen LogP contribution in [0.3, 0.4) is 0 Å². The predicted molar refractivity (Wildman–Crippen MR) is 176 cm³/mol. The summed E-state index contributed by atoms with van der Waals surface area (Å²) in [7, 11) is 0. The van der Waals surface area contributed by atoms with Crippen LogP contribution in [0.1, 0.15) is 16.7 Å². The summed E-state index contributed by atoms with van der Waals surface area (Å²) in [5, 5.41) is 0. The van der Waals surface area contributed by atoms with Crippen LogP contribution in [-0.2, 0) is 6.42 Å². The Morgan fingerprint density at radius 2 is 0.978 bits per heavy atom. The third kappa shape index (κ3) is 3.14. The Bertz CT molecular complexity index is 2250. The van der Waals surface area contributed by atoms with Gasteiger partial charge in [0.1, 0.15) is 57.5 Å². The van der Waals surface area contributed by atoms with E-state index in [0.29, 0.717) is 6.42 Å². The van der Waals surface area contributed by atoms with Gasteiger partial charge in [-0.15, -0.1) is 0 Å². The van der Waals surface area contributed by atoms with Gasteiger partial charge < -0.3 is 23.7 Å². The Labute approximate surface area is 260 Å². The van der Waals surface area contributed by atoms with Gasteiger partial charge in [0.05, 0.1) is 0 Å².